The third kappa shape index (κ3) is 5.01. The van der Waals surface area contributed by atoms with Crippen LogP contribution in [0, 0.1) is 23.6 Å². The quantitative estimate of drug-likeness (QED) is 0.395. The number of rotatable bonds is 6. The standard InChI is InChI=1S/C27H32FN3O3/c1-2-3-14-31-25(33)27(29-26(31)34,19-21-10-7-11-23(28)17-21)22-12-15-30(16-13-22)24(32)18-20-8-5-4-6-9-20/h7-8,10-11,17,22H,4-6,9,12-16,18-19H2,1H3,(H,29,34)/t27-/m0/s1. The molecule has 0 unspecified atom stereocenters. The zero-order chi connectivity index (χ0) is 24.1. The lowest BCUT2D eigenvalue weighted by Crippen LogP contribution is -2.58. The molecule has 2 aliphatic heterocycles. The number of piperidine rings is 1. The number of carbonyl (C=O) groups excluding carboxylic acids is 3. The molecule has 4 amide bonds. The summed E-state index contributed by atoms with van der Waals surface area (Å²) in [5.41, 5.74) is 0.716. The molecule has 1 N–H and O–H groups in total. The number of nitrogens with zero attached hydrogens (tertiary/aromatic N) is 2. The van der Waals surface area contributed by atoms with E-state index < -0.39 is 11.6 Å². The molecule has 2 heterocycles. The first-order chi connectivity index (χ1) is 16.4. The molecule has 0 aromatic heterocycles. The Kier molecular flexibility index (Phi) is 7.35. The van der Waals surface area contributed by atoms with Gasteiger partial charge in [-0.15, -0.1) is 5.92 Å². The molecular formula is C27H32FN3O3. The fourth-order valence-corrected chi connectivity index (χ4v) is 5.45. The lowest BCUT2D eigenvalue weighted by molar-refractivity contribution is -0.135. The number of benzene rings is 1. The van der Waals surface area contributed by atoms with Gasteiger partial charge in [0.05, 0.1) is 6.54 Å². The Morgan fingerprint density at radius 2 is 2.03 bits per heavy atom. The maximum atomic E-state index is 13.9. The van der Waals surface area contributed by atoms with Crippen LogP contribution in [0.1, 0.15) is 57.4 Å². The zero-order valence-electron chi connectivity index (χ0n) is 19.7. The third-order valence-corrected chi connectivity index (χ3v) is 7.30. The molecule has 1 aromatic carbocycles. The Morgan fingerprint density at radius 3 is 2.71 bits per heavy atom. The summed E-state index contributed by atoms with van der Waals surface area (Å²) in [7, 11) is 0. The van der Waals surface area contributed by atoms with Gasteiger partial charge in [0, 0.05) is 25.9 Å². The van der Waals surface area contributed by atoms with E-state index in [0.29, 0.717) is 37.9 Å². The monoisotopic (exact) mass is 465 g/mol. The Hall–Kier alpha value is -3.14. The number of hydrogen-bond acceptors (Lipinski definition) is 3. The van der Waals surface area contributed by atoms with Crippen LogP contribution in [0.2, 0.25) is 0 Å². The molecule has 0 spiro atoms. The fraction of sp³-hybridized carbons (Fsp3) is 0.519. The van der Waals surface area contributed by atoms with Crippen molar-refractivity contribution in [3.8, 4) is 11.8 Å². The number of urea groups is 1. The molecule has 7 heteroatoms. The smallest absolute Gasteiger partial charge is 0.325 e. The van der Waals surface area contributed by atoms with Crippen LogP contribution in [0.3, 0.4) is 0 Å². The normalized spacial score (nSPS) is 23.3. The Morgan fingerprint density at radius 1 is 1.24 bits per heavy atom. The molecule has 1 atom stereocenters. The van der Waals surface area contributed by atoms with Crippen molar-refractivity contribution in [1.29, 1.82) is 0 Å². The second-order valence-corrected chi connectivity index (χ2v) is 9.47. The minimum absolute atomic E-state index is 0.0263. The van der Waals surface area contributed by atoms with Crippen LogP contribution in [0.15, 0.2) is 35.9 Å². The van der Waals surface area contributed by atoms with Gasteiger partial charge in [-0.05, 0) is 69.1 Å². The third-order valence-electron chi connectivity index (χ3n) is 7.30. The lowest BCUT2D eigenvalue weighted by Gasteiger charge is -2.41. The highest BCUT2D eigenvalue weighted by Crippen LogP contribution is 2.37. The van der Waals surface area contributed by atoms with Crippen LogP contribution < -0.4 is 5.32 Å². The van der Waals surface area contributed by atoms with Crippen molar-refractivity contribution < 1.29 is 18.8 Å². The van der Waals surface area contributed by atoms with E-state index in [0.717, 1.165) is 24.2 Å². The van der Waals surface area contributed by atoms with Crippen LogP contribution in [0.5, 0.6) is 0 Å². The first kappa shape index (κ1) is 24.0. The van der Waals surface area contributed by atoms with Crippen LogP contribution in [-0.4, -0.2) is 52.8 Å². The summed E-state index contributed by atoms with van der Waals surface area (Å²) in [5, 5.41) is 2.96. The molecule has 3 aliphatic rings. The molecule has 0 saturated carbocycles. The van der Waals surface area contributed by atoms with E-state index >= 15 is 0 Å². The van der Waals surface area contributed by atoms with E-state index in [9.17, 15) is 18.8 Å². The highest BCUT2D eigenvalue weighted by molar-refractivity contribution is 6.07. The molecule has 4 rings (SSSR count). The van der Waals surface area contributed by atoms with Gasteiger partial charge < -0.3 is 10.2 Å². The van der Waals surface area contributed by atoms with Crippen molar-refractivity contribution in [1.82, 2.24) is 15.1 Å². The molecule has 34 heavy (non-hydrogen) atoms. The number of likely N-dealkylation sites (tertiary alicyclic amines) is 1. The van der Waals surface area contributed by atoms with Crippen molar-refractivity contribution >= 4 is 17.8 Å². The largest absolute Gasteiger partial charge is 0.342 e. The Balaban J connectivity index is 1.51. The number of halogens is 1. The highest BCUT2D eigenvalue weighted by atomic mass is 19.1. The molecule has 1 aliphatic carbocycles. The van der Waals surface area contributed by atoms with Gasteiger partial charge in [-0.1, -0.05) is 29.7 Å². The SMILES string of the molecule is CC#CCN1C(=O)N[C@@](Cc2cccc(F)c2)(C2CCN(C(=O)CC3=CCCCC3)CC2)C1=O. The van der Waals surface area contributed by atoms with E-state index in [1.165, 1.54) is 24.1 Å². The predicted molar refractivity (Wildman–Crippen MR) is 127 cm³/mol. The van der Waals surface area contributed by atoms with Crippen LogP contribution in [0.4, 0.5) is 9.18 Å². The average Bonchev–Trinajstić information content (AvgIpc) is 3.08. The van der Waals surface area contributed by atoms with Crippen molar-refractivity contribution in [3.63, 3.8) is 0 Å². The summed E-state index contributed by atoms with van der Waals surface area (Å²) >= 11 is 0. The second kappa shape index (κ2) is 10.4. The Labute approximate surface area is 200 Å². The van der Waals surface area contributed by atoms with Gasteiger partial charge in [0.15, 0.2) is 0 Å². The number of allylic oxidation sites excluding steroid dienone is 1. The summed E-state index contributed by atoms with van der Waals surface area (Å²) in [4.78, 5) is 42.3. The Bertz CT molecular complexity index is 1050. The van der Waals surface area contributed by atoms with Gasteiger partial charge in [0.1, 0.15) is 11.4 Å². The average molecular weight is 466 g/mol. The van der Waals surface area contributed by atoms with E-state index in [1.54, 1.807) is 19.1 Å². The van der Waals surface area contributed by atoms with Gasteiger partial charge >= 0.3 is 6.03 Å². The highest BCUT2D eigenvalue weighted by Gasteiger charge is 2.55. The number of hydrogen-bond donors (Lipinski definition) is 1. The van der Waals surface area contributed by atoms with Gasteiger partial charge in [-0.3, -0.25) is 14.5 Å². The van der Waals surface area contributed by atoms with E-state index in [1.807, 2.05) is 4.90 Å². The van der Waals surface area contributed by atoms with E-state index in [4.69, 9.17) is 0 Å². The van der Waals surface area contributed by atoms with Crippen molar-refractivity contribution in [2.24, 2.45) is 5.92 Å². The summed E-state index contributed by atoms with van der Waals surface area (Å²) in [6.45, 7) is 2.77. The summed E-state index contributed by atoms with van der Waals surface area (Å²) in [6.07, 6.45) is 8.45. The zero-order valence-corrected chi connectivity index (χ0v) is 19.7. The molecule has 0 radical (unpaired) electrons. The van der Waals surface area contributed by atoms with Gasteiger partial charge in [0.2, 0.25) is 5.91 Å². The second-order valence-electron chi connectivity index (χ2n) is 9.47. The van der Waals surface area contributed by atoms with Crippen molar-refractivity contribution in [3.05, 3.63) is 47.3 Å². The van der Waals surface area contributed by atoms with E-state index in [-0.39, 0.29) is 36.5 Å². The van der Waals surface area contributed by atoms with Crippen molar-refractivity contribution in [2.75, 3.05) is 19.6 Å². The summed E-state index contributed by atoms with van der Waals surface area (Å²) in [5.74, 6) is 4.80. The minimum atomic E-state index is -1.17. The first-order valence-corrected chi connectivity index (χ1v) is 12.2. The molecular weight excluding hydrogens is 433 g/mol. The van der Waals surface area contributed by atoms with Crippen molar-refractivity contribution in [2.45, 2.75) is 63.8 Å². The minimum Gasteiger partial charge on any atom is -0.342 e. The molecule has 0 bridgehead atoms. The maximum absolute atomic E-state index is 13.9. The topological polar surface area (TPSA) is 69.7 Å². The molecule has 2 fully saturated rings. The van der Waals surface area contributed by atoms with Crippen LogP contribution in [-0.2, 0) is 16.0 Å². The van der Waals surface area contributed by atoms with E-state index in [2.05, 4.69) is 23.2 Å². The van der Waals surface area contributed by atoms with Gasteiger partial charge in [-0.25, -0.2) is 9.18 Å². The molecule has 6 nitrogen and oxygen atoms in total. The molecule has 180 valence electrons. The fourth-order valence-electron chi connectivity index (χ4n) is 5.45. The van der Waals surface area contributed by atoms with Crippen LogP contribution in [0.25, 0.3) is 0 Å². The van der Waals surface area contributed by atoms with Crippen LogP contribution >= 0.6 is 0 Å². The van der Waals surface area contributed by atoms with Gasteiger partial charge in [0.25, 0.3) is 5.91 Å². The van der Waals surface area contributed by atoms with Gasteiger partial charge in [-0.2, -0.15) is 0 Å². The molecule has 2 saturated heterocycles. The number of carbonyl (C=O) groups is 3. The molecule has 1 aromatic rings. The number of nitrogens with one attached hydrogen (secondary N) is 1. The predicted octanol–water partition coefficient (Wildman–Crippen LogP) is 3.81. The summed E-state index contributed by atoms with van der Waals surface area (Å²) in [6, 6.07) is 5.69. The maximum Gasteiger partial charge on any atom is 0.325 e. The number of imide groups is 1. The summed E-state index contributed by atoms with van der Waals surface area (Å²) < 4.78 is 13.9. The lowest BCUT2D eigenvalue weighted by atomic mass is 9.73. The first-order valence-electron chi connectivity index (χ1n) is 12.2. The number of amides is 4.